The largest absolute Gasteiger partial charge is 0.508 e. The van der Waals surface area contributed by atoms with E-state index >= 15 is 0 Å². The van der Waals surface area contributed by atoms with Crippen molar-refractivity contribution < 1.29 is 5.11 Å². The monoisotopic (exact) mass is 193 g/mol. The minimum absolute atomic E-state index is 0.0206. The zero-order valence-corrected chi connectivity index (χ0v) is 9.39. The zero-order chi connectivity index (χ0) is 10.8. The predicted octanol–water partition coefficient (Wildman–Crippen LogP) is 2.24. The highest BCUT2D eigenvalue weighted by atomic mass is 16.3. The fourth-order valence-corrected chi connectivity index (χ4v) is 1.39. The third kappa shape index (κ3) is 2.74. The Bertz CT molecular complexity index is 318. The first-order valence-electron chi connectivity index (χ1n) is 4.92. The van der Waals surface area contributed by atoms with Crippen molar-refractivity contribution in [2.24, 2.45) is 0 Å². The van der Waals surface area contributed by atoms with E-state index < -0.39 is 0 Å². The molecule has 0 atom stereocenters. The summed E-state index contributed by atoms with van der Waals surface area (Å²) in [6, 6.07) is 5.83. The van der Waals surface area contributed by atoms with E-state index in [4.69, 9.17) is 0 Å². The summed E-state index contributed by atoms with van der Waals surface area (Å²) in [5.74, 6) is 0.397. The molecule has 0 bridgehead atoms. The van der Waals surface area contributed by atoms with Gasteiger partial charge in [0, 0.05) is 5.54 Å². The number of hydrogen-bond donors (Lipinski definition) is 2. The summed E-state index contributed by atoms with van der Waals surface area (Å²) in [4.78, 5) is 0. The van der Waals surface area contributed by atoms with E-state index in [-0.39, 0.29) is 5.54 Å². The van der Waals surface area contributed by atoms with Crippen molar-refractivity contribution in [3.63, 3.8) is 0 Å². The Morgan fingerprint density at radius 3 is 2.50 bits per heavy atom. The van der Waals surface area contributed by atoms with Crippen LogP contribution in [-0.2, 0) is 6.42 Å². The topological polar surface area (TPSA) is 32.3 Å². The van der Waals surface area contributed by atoms with Crippen LogP contribution in [0.5, 0.6) is 5.75 Å². The van der Waals surface area contributed by atoms with Crippen LogP contribution in [0.3, 0.4) is 0 Å². The molecule has 0 amide bonds. The summed E-state index contributed by atoms with van der Waals surface area (Å²) in [6.45, 7) is 6.21. The van der Waals surface area contributed by atoms with Gasteiger partial charge in [0.15, 0.2) is 0 Å². The average Bonchev–Trinajstić information content (AvgIpc) is 2.10. The smallest absolute Gasteiger partial charge is 0.119 e. The van der Waals surface area contributed by atoms with Crippen LogP contribution in [0, 0.1) is 6.92 Å². The van der Waals surface area contributed by atoms with Gasteiger partial charge in [-0.1, -0.05) is 12.1 Å². The summed E-state index contributed by atoms with van der Waals surface area (Å²) in [5.41, 5.74) is 2.11. The van der Waals surface area contributed by atoms with Crippen molar-refractivity contribution in [2.45, 2.75) is 32.7 Å². The first kappa shape index (κ1) is 11.1. The number of aromatic hydroxyl groups is 1. The molecular formula is C12H19NO. The molecule has 1 aromatic rings. The molecule has 0 saturated heterocycles. The van der Waals surface area contributed by atoms with Crippen LogP contribution in [-0.4, -0.2) is 17.7 Å². The normalized spacial score (nSPS) is 11.7. The van der Waals surface area contributed by atoms with Crippen LogP contribution in [0.2, 0.25) is 0 Å². The van der Waals surface area contributed by atoms with Gasteiger partial charge in [0.1, 0.15) is 5.75 Å². The molecule has 1 rings (SSSR count). The number of likely N-dealkylation sites (N-methyl/N-ethyl adjacent to an activating group) is 1. The second kappa shape index (κ2) is 4.01. The minimum Gasteiger partial charge on any atom is -0.508 e. The molecule has 0 unspecified atom stereocenters. The molecule has 1 aromatic carbocycles. The second-order valence-corrected chi connectivity index (χ2v) is 4.44. The van der Waals surface area contributed by atoms with Crippen molar-refractivity contribution in [3.05, 3.63) is 29.3 Å². The third-order valence-corrected chi connectivity index (χ3v) is 2.55. The highest BCUT2D eigenvalue weighted by Crippen LogP contribution is 2.22. The number of phenolic OH excluding ortho intramolecular Hbond substituents is 1. The van der Waals surface area contributed by atoms with Crippen LogP contribution in [0.4, 0.5) is 0 Å². The van der Waals surface area contributed by atoms with Gasteiger partial charge in [-0.3, -0.25) is 0 Å². The van der Waals surface area contributed by atoms with Gasteiger partial charge in [0.2, 0.25) is 0 Å². The summed E-state index contributed by atoms with van der Waals surface area (Å²) in [6.07, 6.45) is 0.829. The Balaban J connectivity index is 2.87. The van der Waals surface area contributed by atoms with Gasteiger partial charge in [-0.05, 0) is 51.4 Å². The third-order valence-electron chi connectivity index (χ3n) is 2.55. The molecule has 78 valence electrons. The Hall–Kier alpha value is -1.02. The van der Waals surface area contributed by atoms with E-state index in [1.54, 1.807) is 6.07 Å². The minimum atomic E-state index is 0.0206. The average molecular weight is 193 g/mol. The van der Waals surface area contributed by atoms with E-state index in [2.05, 4.69) is 19.2 Å². The summed E-state index contributed by atoms with van der Waals surface area (Å²) in [7, 11) is 1.94. The van der Waals surface area contributed by atoms with Gasteiger partial charge >= 0.3 is 0 Å². The molecule has 2 heteroatoms. The molecule has 0 aromatic heterocycles. The number of hydrogen-bond acceptors (Lipinski definition) is 2. The van der Waals surface area contributed by atoms with Crippen molar-refractivity contribution in [3.8, 4) is 5.75 Å². The van der Waals surface area contributed by atoms with Gasteiger partial charge in [0.05, 0.1) is 0 Å². The fourth-order valence-electron chi connectivity index (χ4n) is 1.39. The van der Waals surface area contributed by atoms with Crippen LogP contribution in [0.25, 0.3) is 0 Å². The highest BCUT2D eigenvalue weighted by Gasteiger charge is 2.17. The molecule has 14 heavy (non-hydrogen) atoms. The lowest BCUT2D eigenvalue weighted by Crippen LogP contribution is -2.38. The molecule has 0 saturated carbocycles. The number of phenols is 1. The molecule has 0 heterocycles. The van der Waals surface area contributed by atoms with Crippen LogP contribution < -0.4 is 5.32 Å². The van der Waals surface area contributed by atoms with Crippen molar-refractivity contribution in [2.75, 3.05) is 7.05 Å². The molecular weight excluding hydrogens is 174 g/mol. The SMILES string of the molecule is CNC(C)(C)Cc1ccc(C)cc1O. The molecule has 0 aliphatic carbocycles. The van der Waals surface area contributed by atoms with E-state index in [1.165, 1.54) is 0 Å². The summed E-state index contributed by atoms with van der Waals surface area (Å²) >= 11 is 0. The van der Waals surface area contributed by atoms with Gasteiger partial charge < -0.3 is 10.4 Å². The van der Waals surface area contributed by atoms with E-state index in [0.29, 0.717) is 5.75 Å². The Morgan fingerprint density at radius 1 is 1.36 bits per heavy atom. The first-order valence-corrected chi connectivity index (χ1v) is 4.92. The predicted molar refractivity (Wildman–Crippen MR) is 59.7 cm³/mol. The molecule has 2 nitrogen and oxygen atoms in total. The Morgan fingerprint density at radius 2 is 2.00 bits per heavy atom. The standard InChI is InChI=1S/C12H19NO/c1-9-5-6-10(11(14)7-9)8-12(2,3)13-4/h5-7,13-14H,8H2,1-4H3. The molecule has 2 N–H and O–H groups in total. The number of rotatable bonds is 3. The summed E-state index contributed by atoms with van der Waals surface area (Å²) < 4.78 is 0. The fraction of sp³-hybridized carbons (Fsp3) is 0.500. The molecule has 0 aliphatic heterocycles. The maximum absolute atomic E-state index is 9.72. The van der Waals surface area contributed by atoms with E-state index in [0.717, 1.165) is 17.5 Å². The molecule has 0 fully saturated rings. The highest BCUT2D eigenvalue weighted by molar-refractivity contribution is 5.36. The molecule has 0 aliphatic rings. The first-order chi connectivity index (χ1) is 6.44. The van der Waals surface area contributed by atoms with Crippen molar-refractivity contribution in [1.29, 1.82) is 0 Å². The van der Waals surface area contributed by atoms with Crippen molar-refractivity contribution in [1.82, 2.24) is 5.32 Å². The number of aryl methyl sites for hydroxylation is 1. The lowest BCUT2D eigenvalue weighted by atomic mass is 9.94. The summed E-state index contributed by atoms with van der Waals surface area (Å²) in [5, 5.41) is 12.9. The van der Waals surface area contributed by atoms with Gasteiger partial charge in [-0.2, -0.15) is 0 Å². The zero-order valence-electron chi connectivity index (χ0n) is 9.39. The Kier molecular flexibility index (Phi) is 3.17. The van der Waals surface area contributed by atoms with Crippen LogP contribution >= 0.6 is 0 Å². The number of nitrogens with one attached hydrogen (secondary N) is 1. The maximum atomic E-state index is 9.72. The second-order valence-electron chi connectivity index (χ2n) is 4.44. The van der Waals surface area contributed by atoms with E-state index in [9.17, 15) is 5.11 Å². The number of benzene rings is 1. The lowest BCUT2D eigenvalue weighted by molar-refractivity contribution is 0.405. The van der Waals surface area contributed by atoms with Gasteiger partial charge in [-0.15, -0.1) is 0 Å². The quantitative estimate of drug-likeness (QED) is 0.771. The molecule has 0 spiro atoms. The van der Waals surface area contributed by atoms with Crippen LogP contribution in [0.1, 0.15) is 25.0 Å². The Labute approximate surface area is 86.0 Å². The maximum Gasteiger partial charge on any atom is 0.119 e. The van der Waals surface area contributed by atoms with Crippen molar-refractivity contribution >= 4 is 0 Å². The van der Waals surface area contributed by atoms with Gasteiger partial charge in [0.25, 0.3) is 0 Å². The van der Waals surface area contributed by atoms with Crippen LogP contribution in [0.15, 0.2) is 18.2 Å². The van der Waals surface area contributed by atoms with E-state index in [1.807, 2.05) is 26.1 Å². The lowest BCUT2D eigenvalue weighted by Gasteiger charge is -2.24. The van der Waals surface area contributed by atoms with Gasteiger partial charge in [-0.25, -0.2) is 0 Å². The molecule has 0 radical (unpaired) electrons.